The number of rotatable bonds is 5. The van der Waals surface area contributed by atoms with Crippen molar-refractivity contribution in [3.63, 3.8) is 0 Å². The molecule has 148 valence electrons. The van der Waals surface area contributed by atoms with E-state index in [0.29, 0.717) is 28.8 Å². The van der Waals surface area contributed by atoms with Crippen molar-refractivity contribution in [3.8, 4) is 0 Å². The molecule has 1 aromatic carbocycles. The van der Waals surface area contributed by atoms with Crippen molar-refractivity contribution in [2.45, 2.75) is 39.4 Å². The van der Waals surface area contributed by atoms with Crippen molar-refractivity contribution >= 4 is 27.5 Å². The van der Waals surface area contributed by atoms with Crippen molar-refractivity contribution in [2.75, 3.05) is 6.54 Å². The molecule has 2 aromatic heterocycles. The molecular weight excluding hydrogens is 385 g/mol. The summed E-state index contributed by atoms with van der Waals surface area (Å²) >= 11 is 1.01. The third kappa shape index (κ3) is 4.35. The molecule has 0 aliphatic heterocycles. The van der Waals surface area contributed by atoms with Crippen LogP contribution < -0.4 is 0 Å². The van der Waals surface area contributed by atoms with Gasteiger partial charge in [-0.15, -0.1) is 11.3 Å². The summed E-state index contributed by atoms with van der Waals surface area (Å²) in [5.41, 5.74) is 0.667. The summed E-state index contributed by atoms with van der Waals surface area (Å²) < 4.78 is 39.1. The van der Waals surface area contributed by atoms with Gasteiger partial charge in [0.15, 0.2) is 0 Å². The molecular formula is C21H21F3N2OS. The van der Waals surface area contributed by atoms with Gasteiger partial charge in [-0.3, -0.25) is 4.79 Å². The summed E-state index contributed by atoms with van der Waals surface area (Å²) in [7, 11) is 0. The van der Waals surface area contributed by atoms with Crippen LogP contribution in [0.25, 0.3) is 10.2 Å². The number of benzene rings is 1. The fourth-order valence-electron chi connectivity index (χ4n) is 3.05. The van der Waals surface area contributed by atoms with Gasteiger partial charge in [-0.1, -0.05) is 30.3 Å². The van der Waals surface area contributed by atoms with Gasteiger partial charge in [-0.05, 0) is 50.5 Å². The molecule has 0 spiro atoms. The standard InChI is InChI=1S/C21H21F3N2OS/c1-13(2)26(10-9-15-7-5-4-6-8-15)20(27)17-12-16-14(3)11-18(21(22,23)24)25-19(16)28-17/h4-8,11-13H,9-10H2,1-3H3. The topological polar surface area (TPSA) is 33.2 Å². The molecule has 3 rings (SSSR count). The Morgan fingerprint density at radius 3 is 2.46 bits per heavy atom. The van der Waals surface area contributed by atoms with E-state index in [0.717, 1.165) is 23.0 Å². The number of fused-ring (bicyclic) bond motifs is 1. The van der Waals surface area contributed by atoms with Crippen LogP contribution in [0.15, 0.2) is 42.5 Å². The van der Waals surface area contributed by atoms with Crippen LogP contribution in [0.3, 0.4) is 0 Å². The number of carbonyl (C=O) groups is 1. The molecule has 0 bridgehead atoms. The van der Waals surface area contributed by atoms with Gasteiger partial charge in [0.25, 0.3) is 5.91 Å². The largest absolute Gasteiger partial charge is 0.433 e. The molecule has 0 N–H and O–H groups in total. The number of pyridine rings is 1. The van der Waals surface area contributed by atoms with Crippen LogP contribution in [0, 0.1) is 6.92 Å². The van der Waals surface area contributed by atoms with E-state index < -0.39 is 11.9 Å². The summed E-state index contributed by atoms with van der Waals surface area (Å²) in [6.07, 6.45) is -3.79. The second-order valence-corrected chi connectivity index (χ2v) is 8.01. The normalized spacial score (nSPS) is 12.0. The monoisotopic (exact) mass is 406 g/mol. The predicted molar refractivity (Wildman–Crippen MR) is 106 cm³/mol. The maximum absolute atomic E-state index is 13.1. The Kier molecular flexibility index (Phi) is 5.74. The van der Waals surface area contributed by atoms with Gasteiger partial charge in [0, 0.05) is 18.0 Å². The minimum absolute atomic E-state index is 0.0267. The van der Waals surface area contributed by atoms with Crippen LogP contribution in [0.5, 0.6) is 0 Å². The quantitative estimate of drug-likeness (QED) is 0.543. The summed E-state index contributed by atoms with van der Waals surface area (Å²) in [4.78, 5) is 19.2. The Morgan fingerprint density at radius 1 is 1.18 bits per heavy atom. The van der Waals surface area contributed by atoms with E-state index in [1.165, 1.54) is 0 Å². The zero-order valence-electron chi connectivity index (χ0n) is 15.9. The summed E-state index contributed by atoms with van der Waals surface area (Å²) in [5, 5.41) is 0.591. The van der Waals surface area contributed by atoms with E-state index in [-0.39, 0.29) is 16.8 Å². The lowest BCUT2D eigenvalue weighted by molar-refractivity contribution is -0.141. The molecule has 0 saturated carbocycles. The highest BCUT2D eigenvalue weighted by molar-refractivity contribution is 7.20. The molecule has 28 heavy (non-hydrogen) atoms. The van der Waals surface area contributed by atoms with Crippen molar-refractivity contribution in [3.05, 3.63) is 64.2 Å². The lowest BCUT2D eigenvalue weighted by Crippen LogP contribution is -2.38. The zero-order chi connectivity index (χ0) is 20.5. The highest BCUT2D eigenvalue weighted by atomic mass is 32.1. The Balaban J connectivity index is 1.88. The van der Waals surface area contributed by atoms with E-state index in [2.05, 4.69) is 4.98 Å². The molecule has 0 unspecified atom stereocenters. The van der Waals surface area contributed by atoms with Gasteiger partial charge in [0.05, 0.1) is 4.88 Å². The number of nitrogens with zero attached hydrogens (tertiary/aromatic N) is 2. The number of hydrogen-bond donors (Lipinski definition) is 0. The number of carbonyl (C=O) groups excluding carboxylic acids is 1. The second-order valence-electron chi connectivity index (χ2n) is 6.98. The third-order valence-corrected chi connectivity index (χ3v) is 5.60. The lowest BCUT2D eigenvalue weighted by Gasteiger charge is -2.26. The Hall–Kier alpha value is -2.41. The Labute approximate surface area is 165 Å². The summed E-state index contributed by atoms with van der Waals surface area (Å²) in [6.45, 7) is 6.01. The van der Waals surface area contributed by atoms with Crippen LogP contribution in [0.4, 0.5) is 13.2 Å². The second kappa shape index (κ2) is 7.91. The minimum Gasteiger partial charge on any atom is -0.335 e. The zero-order valence-corrected chi connectivity index (χ0v) is 16.7. The fraction of sp³-hybridized carbons (Fsp3) is 0.333. The van der Waals surface area contributed by atoms with Gasteiger partial charge in [0.1, 0.15) is 10.5 Å². The average Bonchev–Trinajstić information content (AvgIpc) is 3.06. The lowest BCUT2D eigenvalue weighted by atomic mass is 10.1. The Morgan fingerprint density at radius 2 is 1.86 bits per heavy atom. The van der Waals surface area contributed by atoms with Crippen LogP contribution in [-0.2, 0) is 12.6 Å². The fourth-order valence-corrected chi connectivity index (χ4v) is 4.12. The van der Waals surface area contributed by atoms with Crippen molar-refractivity contribution < 1.29 is 18.0 Å². The highest BCUT2D eigenvalue weighted by Gasteiger charge is 2.33. The van der Waals surface area contributed by atoms with Crippen LogP contribution in [0.2, 0.25) is 0 Å². The first-order valence-corrected chi connectivity index (χ1v) is 9.81. The molecule has 0 radical (unpaired) electrons. The predicted octanol–water partition coefficient (Wildman–Crippen LogP) is 5.72. The molecule has 3 aromatic rings. The number of aromatic nitrogens is 1. The molecule has 3 nitrogen and oxygen atoms in total. The van der Waals surface area contributed by atoms with Crippen molar-refractivity contribution in [2.24, 2.45) is 0 Å². The number of hydrogen-bond acceptors (Lipinski definition) is 3. The molecule has 0 aliphatic rings. The summed E-state index contributed by atoms with van der Waals surface area (Å²) in [6, 6.07) is 12.5. The minimum atomic E-state index is -4.51. The number of thiophene rings is 1. The van der Waals surface area contributed by atoms with Crippen LogP contribution >= 0.6 is 11.3 Å². The third-order valence-electron chi connectivity index (χ3n) is 4.58. The van der Waals surface area contributed by atoms with Gasteiger partial charge in [0.2, 0.25) is 0 Å². The number of alkyl halides is 3. The van der Waals surface area contributed by atoms with Crippen molar-refractivity contribution in [1.29, 1.82) is 0 Å². The summed E-state index contributed by atoms with van der Waals surface area (Å²) in [5.74, 6) is -0.179. The molecule has 0 fully saturated rings. The van der Waals surface area contributed by atoms with E-state index in [1.54, 1.807) is 17.9 Å². The molecule has 1 amide bonds. The van der Waals surface area contributed by atoms with Crippen LogP contribution in [0.1, 0.15) is 40.3 Å². The molecule has 7 heteroatoms. The van der Waals surface area contributed by atoms with E-state index >= 15 is 0 Å². The van der Waals surface area contributed by atoms with Crippen molar-refractivity contribution in [1.82, 2.24) is 9.88 Å². The first-order chi connectivity index (χ1) is 13.2. The molecule has 0 saturated heterocycles. The first kappa shape index (κ1) is 20.3. The maximum atomic E-state index is 13.1. The smallest absolute Gasteiger partial charge is 0.335 e. The van der Waals surface area contributed by atoms with Gasteiger partial charge >= 0.3 is 6.18 Å². The first-order valence-electron chi connectivity index (χ1n) is 9.00. The van der Waals surface area contributed by atoms with E-state index in [1.807, 2.05) is 44.2 Å². The maximum Gasteiger partial charge on any atom is 0.433 e. The SMILES string of the molecule is Cc1cc(C(F)(F)F)nc2sc(C(=O)N(CCc3ccccc3)C(C)C)cc12. The highest BCUT2D eigenvalue weighted by Crippen LogP contribution is 2.34. The Bertz CT molecular complexity index is 980. The van der Waals surface area contributed by atoms with Gasteiger partial charge in [-0.2, -0.15) is 13.2 Å². The number of amides is 1. The van der Waals surface area contributed by atoms with E-state index in [9.17, 15) is 18.0 Å². The molecule has 0 aliphatic carbocycles. The number of halogens is 3. The van der Waals surface area contributed by atoms with E-state index in [4.69, 9.17) is 0 Å². The molecule has 0 atom stereocenters. The van der Waals surface area contributed by atoms with Gasteiger partial charge in [-0.25, -0.2) is 4.98 Å². The van der Waals surface area contributed by atoms with Gasteiger partial charge < -0.3 is 4.90 Å². The number of aryl methyl sites for hydroxylation is 1. The molecule has 2 heterocycles. The average molecular weight is 406 g/mol. The van der Waals surface area contributed by atoms with Crippen LogP contribution in [-0.4, -0.2) is 28.4 Å².